The van der Waals surface area contributed by atoms with E-state index in [-0.39, 0.29) is 0 Å². The SMILES string of the molecule is Cc1ccc(N)cc1C(=O)OCC(N)=O. The molecule has 0 aromatic heterocycles. The maximum absolute atomic E-state index is 11.4. The highest BCUT2D eigenvalue weighted by atomic mass is 16.5. The van der Waals surface area contributed by atoms with Crippen molar-refractivity contribution in [3.8, 4) is 0 Å². The summed E-state index contributed by atoms with van der Waals surface area (Å²) in [5.41, 5.74) is 11.9. The van der Waals surface area contributed by atoms with Gasteiger partial charge in [0.15, 0.2) is 6.61 Å². The lowest BCUT2D eigenvalue weighted by molar-refractivity contribution is -0.121. The number of rotatable bonds is 3. The van der Waals surface area contributed by atoms with Crippen LogP contribution in [0.5, 0.6) is 0 Å². The number of ether oxygens (including phenoxy) is 1. The van der Waals surface area contributed by atoms with Crippen molar-refractivity contribution in [3.05, 3.63) is 29.3 Å². The van der Waals surface area contributed by atoms with Crippen LogP contribution in [0, 0.1) is 6.92 Å². The molecule has 0 bridgehead atoms. The molecule has 0 atom stereocenters. The lowest BCUT2D eigenvalue weighted by atomic mass is 10.1. The standard InChI is InChI=1S/C10H12N2O3/c1-6-2-3-7(11)4-8(6)10(14)15-5-9(12)13/h2-4H,5,11H2,1H3,(H2,12,13). The third kappa shape index (κ3) is 2.98. The summed E-state index contributed by atoms with van der Waals surface area (Å²) in [5.74, 6) is -1.29. The van der Waals surface area contributed by atoms with Crippen LogP contribution in [0.15, 0.2) is 18.2 Å². The molecule has 0 unspecified atom stereocenters. The summed E-state index contributed by atoms with van der Waals surface area (Å²) in [6.07, 6.45) is 0. The number of primary amides is 1. The van der Waals surface area contributed by atoms with E-state index in [0.717, 1.165) is 5.56 Å². The normalized spacial score (nSPS) is 9.67. The zero-order chi connectivity index (χ0) is 11.4. The maximum atomic E-state index is 11.4. The van der Waals surface area contributed by atoms with E-state index in [0.29, 0.717) is 11.3 Å². The number of hydrogen-bond donors (Lipinski definition) is 2. The second-order valence-corrected chi connectivity index (χ2v) is 3.12. The number of hydrogen-bond acceptors (Lipinski definition) is 4. The van der Waals surface area contributed by atoms with Gasteiger partial charge in [-0.15, -0.1) is 0 Å². The van der Waals surface area contributed by atoms with E-state index in [4.69, 9.17) is 11.5 Å². The van der Waals surface area contributed by atoms with Crippen molar-refractivity contribution >= 4 is 17.6 Å². The van der Waals surface area contributed by atoms with Gasteiger partial charge >= 0.3 is 5.97 Å². The molecule has 0 saturated carbocycles. The maximum Gasteiger partial charge on any atom is 0.338 e. The molecular weight excluding hydrogens is 196 g/mol. The van der Waals surface area contributed by atoms with Crippen molar-refractivity contribution in [1.29, 1.82) is 0 Å². The van der Waals surface area contributed by atoms with Crippen LogP contribution in [-0.4, -0.2) is 18.5 Å². The number of carbonyl (C=O) groups is 2. The Hall–Kier alpha value is -2.04. The summed E-state index contributed by atoms with van der Waals surface area (Å²) >= 11 is 0. The molecule has 5 nitrogen and oxygen atoms in total. The van der Waals surface area contributed by atoms with Crippen LogP contribution in [0.1, 0.15) is 15.9 Å². The van der Waals surface area contributed by atoms with Gasteiger partial charge in [0.2, 0.25) is 0 Å². The largest absolute Gasteiger partial charge is 0.452 e. The van der Waals surface area contributed by atoms with Gasteiger partial charge in [-0.3, -0.25) is 4.79 Å². The average Bonchev–Trinajstić information content (AvgIpc) is 2.18. The van der Waals surface area contributed by atoms with Gasteiger partial charge in [-0.25, -0.2) is 4.79 Å². The van der Waals surface area contributed by atoms with Gasteiger partial charge in [-0.1, -0.05) is 6.07 Å². The Balaban J connectivity index is 2.81. The molecule has 0 aliphatic carbocycles. The minimum atomic E-state index is -0.690. The highest BCUT2D eigenvalue weighted by Gasteiger charge is 2.11. The summed E-state index contributed by atoms with van der Waals surface area (Å²) in [6.45, 7) is 1.33. The molecule has 15 heavy (non-hydrogen) atoms. The number of nitrogens with two attached hydrogens (primary N) is 2. The van der Waals surface area contributed by atoms with Crippen molar-refractivity contribution in [2.45, 2.75) is 6.92 Å². The van der Waals surface area contributed by atoms with Gasteiger partial charge in [0.25, 0.3) is 5.91 Å². The predicted octanol–water partition coefficient (Wildman–Crippen LogP) is 0.219. The van der Waals surface area contributed by atoms with E-state index < -0.39 is 18.5 Å². The molecule has 0 aliphatic heterocycles. The first-order chi connectivity index (χ1) is 7.00. The van der Waals surface area contributed by atoms with Gasteiger partial charge in [-0.2, -0.15) is 0 Å². The van der Waals surface area contributed by atoms with Crippen molar-refractivity contribution in [2.24, 2.45) is 5.73 Å². The summed E-state index contributed by atoms with van der Waals surface area (Å²) in [7, 11) is 0. The average molecular weight is 208 g/mol. The molecule has 4 N–H and O–H groups in total. The number of benzene rings is 1. The van der Waals surface area contributed by atoms with E-state index in [1.807, 2.05) is 0 Å². The van der Waals surface area contributed by atoms with Gasteiger partial charge < -0.3 is 16.2 Å². The quantitative estimate of drug-likeness (QED) is 0.548. The van der Waals surface area contributed by atoms with Crippen molar-refractivity contribution in [1.82, 2.24) is 0 Å². The van der Waals surface area contributed by atoms with E-state index in [1.54, 1.807) is 19.1 Å². The molecule has 0 heterocycles. The first-order valence-corrected chi connectivity index (χ1v) is 4.32. The Labute approximate surface area is 87.0 Å². The van der Waals surface area contributed by atoms with Crippen LogP contribution in [0.3, 0.4) is 0 Å². The Bertz CT molecular complexity index is 402. The zero-order valence-electron chi connectivity index (χ0n) is 8.32. The Kier molecular flexibility index (Phi) is 3.28. The molecule has 0 aliphatic rings. The number of anilines is 1. The lowest BCUT2D eigenvalue weighted by Crippen LogP contribution is -2.21. The van der Waals surface area contributed by atoms with Gasteiger partial charge in [0, 0.05) is 5.69 Å². The summed E-state index contributed by atoms with van der Waals surface area (Å²) in [5, 5.41) is 0. The van der Waals surface area contributed by atoms with E-state index in [9.17, 15) is 9.59 Å². The summed E-state index contributed by atoms with van der Waals surface area (Å²) in [4.78, 5) is 21.8. The first kappa shape index (κ1) is 11.0. The molecule has 1 aromatic rings. The fourth-order valence-electron chi connectivity index (χ4n) is 1.07. The van der Waals surface area contributed by atoms with Crippen LogP contribution in [0.25, 0.3) is 0 Å². The third-order valence-electron chi connectivity index (χ3n) is 1.83. The van der Waals surface area contributed by atoms with Crippen molar-refractivity contribution in [3.63, 3.8) is 0 Å². The fourth-order valence-corrected chi connectivity index (χ4v) is 1.07. The molecule has 1 aromatic carbocycles. The molecular formula is C10H12N2O3. The van der Waals surface area contributed by atoms with Gasteiger partial charge in [0.1, 0.15) is 0 Å². The minimum absolute atomic E-state index is 0.344. The van der Waals surface area contributed by atoms with Crippen LogP contribution in [0.4, 0.5) is 5.69 Å². The number of amides is 1. The van der Waals surface area contributed by atoms with Crippen LogP contribution in [0.2, 0.25) is 0 Å². The molecule has 0 fully saturated rings. The minimum Gasteiger partial charge on any atom is -0.452 e. The van der Waals surface area contributed by atoms with Crippen molar-refractivity contribution in [2.75, 3.05) is 12.3 Å². The van der Waals surface area contributed by atoms with E-state index in [1.165, 1.54) is 6.07 Å². The molecule has 0 saturated heterocycles. The highest BCUT2D eigenvalue weighted by molar-refractivity contribution is 5.93. The monoisotopic (exact) mass is 208 g/mol. The second-order valence-electron chi connectivity index (χ2n) is 3.12. The number of carbonyl (C=O) groups excluding carboxylic acids is 2. The molecule has 0 spiro atoms. The van der Waals surface area contributed by atoms with Crippen LogP contribution >= 0.6 is 0 Å². The zero-order valence-corrected chi connectivity index (χ0v) is 8.32. The number of aryl methyl sites for hydroxylation is 1. The smallest absolute Gasteiger partial charge is 0.338 e. The topological polar surface area (TPSA) is 95.4 Å². The molecule has 0 radical (unpaired) electrons. The molecule has 5 heteroatoms. The first-order valence-electron chi connectivity index (χ1n) is 4.32. The highest BCUT2D eigenvalue weighted by Crippen LogP contribution is 2.13. The van der Waals surface area contributed by atoms with E-state index >= 15 is 0 Å². The van der Waals surface area contributed by atoms with E-state index in [2.05, 4.69) is 4.74 Å². The Morgan fingerprint density at radius 3 is 2.67 bits per heavy atom. The third-order valence-corrected chi connectivity index (χ3v) is 1.83. The Morgan fingerprint density at radius 1 is 1.40 bits per heavy atom. The predicted molar refractivity (Wildman–Crippen MR) is 55.1 cm³/mol. The number of esters is 1. The summed E-state index contributed by atoms with van der Waals surface area (Å²) < 4.78 is 4.66. The van der Waals surface area contributed by atoms with Crippen molar-refractivity contribution < 1.29 is 14.3 Å². The fraction of sp³-hybridized carbons (Fsp3) is 0.200. The summed E-state index contributed by atoms with van der Waals surface area (Å²) in [6, 6.07) is 4.88. The molecule has 1 amide bonds. The lowest BCUT2D eigenvalue weighted by Gasteiger charge is -2.06. The molecule has 1 rings (SSSR count). The second kappa shape index (κ2) is 4.45. The van der Waals surface area contributed by atoms with Crippen LogP contribution < -0.4 is 11.5 Å². The van der Waals surface area contributed by atoms with Crippen LogP contribution in [-0.2, 0) is 9.53 Å². The molecule has 80 valence electrons. The Morgan fingerprint density at radius 2 is 2.07 bits per heavy atom. The van der Waals surface area contributed by atoms with Gasteiger partial charge in [0.05, 0.1) is 5.56 Å². The number of nitrogen functional groups attached to an aromatic ring is 1. The van der Waals surface area contributed by atoms with Gasteiger partial charge in [-0.05, 0) is 24.6 Å².